The van der Waals surface area contributed by atoms with E-state index in [1.165, 1.54) is 17.3 Å². The minimum Gasteiger partial charge on any atom is -0.484 e. The first-order valence-corrected chi connectivity index (χ1v) is 9.23. The summed E-state index contributed by atoms with van der Waals surface area (Å²) in [4.78, 5) is 12.0. The second-order valence-corrected chi connectivity index (χ2v) is 6.38. The first kappa shape index (κ1) is 18.0. The summed E-state index contributed by atoms with van der Waals surface area (Å²) in [6.45, 7) is 2.28. The van der Waals surface area contributed by atoms with Crippen LogP contribution in [0.25, 0.3) is 0 Å². The van der Waals surface area contributed by atoms with Crippen LogP contribution in [0.15, 0.2) is 64.2 Å². The average molecular weight is 369 g/mol. The van der Waals surface area contributed by atoms with Gasteiger partial charge in [0.1, 0.15) is 5.75 Å². The number of nitrogens with zero attached hydrogens (tertiary/aromatic N) is 2. The molecule has 0 aliphatic rings. The molecule has 0 bridgehead atoms. The third-order valence-corrected chi connectivity index (χ3v) is 4.34. The maximum Gasteiger partial charge on any atom is 0.277 e. The predicted octanol–water partition coefficient (Wildman–Crippen LogP) is 3.94. The van der Waals surface area contributed by atoms with E-state index in [2.05, 4.69) is 22.4 Å². The minimum atomic E-state index is -0.125. The topological polar surface area (TPSA) is 77.2 Å². The molecule has 3 rings (SSSR count). The van der Waals surface area contributed by atoms with E-state index in [4.69, 9.17) is 9.15 Å². The lowest BCUT2D eigenvalue weighted by molar-refractivity contribution is -0.113. The fraction of sp³-hybridized carbons (Fsp3) is 0.211. The Morgan fingerprint density at radius 1 is 1.12 bits per heavy atom. The summed E-state index contributed by atoms with van der Waals surface area (Å²) in [5.41, 5.74) is 2.00. The lowest BCUT2D eigenvalue weighted by atomic mass is 10.1. The summed E-state index contributed by atoms with van der Waals surface area (Å²) < 4.78 is 11.0. The fourth-order valence-electron chi connectivity index (χ4n) is 2.16. The molecule has 0 atom stereocenters. The number of rotatable bonds is 8. The largest absolute Gasteiger partial charge is 0.484 e. The number of para-hydroxylation sites is 1. The van der Waals surface area contributed by atoms with Crippen LogP contribution in [-0.4, -0.2) is 21.9 Å². The number of hydrogen-bond acceptors (Lipinski definition) is 6. The third-order valence-electron chi connectivity index (χ3n) is 3.53. The molecule has 0 saturated heterocycles. The van der Waals surface area contributed by atoms with Gasteiger partial charge in [0.25, 0.3) is 11.1 Å². The monoisotopic (exact) mass is 369 g/mol. The number of aromatic nitrogens is 2. The summed E-state index contributed by atoms with van der Waals surface area (Å²) in [6.07, 6.45) is 0.970. The number of carbonyl (C=O) groups excluding carboxylic acids is 1. The van der Waals surface area contributed by atoms with Crippen LogP contribution in [0, 0.1) is 0 Å². The van der Waals surface area contributed by atoms with Gasteiger partial charge in [-0.2, -0.15) is 0 Å². The van der Waals surface area contributed by atoms with Gasteiger partial charge in [-0.1, -0.05) is 49.0 Å². The van der Waals surface area contributed by atoms with Gasteiger partial charge in [-0.05, 0) is 36.2 Å². The number of nitrogens with one attached hydrogen (secondary N) is 1. The van der Waals surface area contributed by atoms with Crippen molar-refractivity contribution in [2.24, 2.45) is 0 Å². The Bertz CT molecular complexity index is 835. The van der Waals surface area contributed by atoms with Crippen molar-refractivity contribution in [3.63, 3.8) is 0 Å². The number of hydrogen-bond donors (Lipinski definition) is 1. The molecule has 0 aliphatic carbocycles. The van der Waals surface area contributed by atoms with Crippen molar-refractivity contribution in [3.05, 3.63) is 66.1 Å². The number of amides is 1. The minimum absolute atomic E-state index is 0.125. The highest BCUT2D eigenvalue weighted by atomic mass is 32.2. The smallest absolute Gasteiger partial charge is 0.277 e. The van der Waals surface area contributed by atoms with Gasteiger partial charge >= 0.3 is 0 Å². The van der Waals surface area contributed by atoms with Crippen molar-refractivity contribution in [1.82, 2.24) is 10.2 Å². The summed E-state index contributed by atoms with van der Waals surface area (Å²) in [5.74, 6) is 1.16. The first-order valence-electron chi connectivity index (χ1n) is 8.25. The van der Waals surface area contributed by atoms with Crippen LogP contribution in [0.3, 0.4) is 0 Å². The quantitative estimate of drug-likeness (QED) is 0.606. The highest BCUT2D eigenvalue weighted by molar-refractivity contribution is 7.99. The molecule has 1 amide bonds. The molecule has 6 nitrogen and oxygen atoms in total. The highest BCUT2D eigenvalue weighted by Crippen LogP contribution is 2.18. The summed E-state index contributed by atoms with van der Waals surface area (Å²) in [5, 5.41) is 11.0. The molecule has 0 radical (unpaired) electrons. The Labute approximate surface area is 156 Å². The lowest BCUT2D eigenvalue weighted by Crippen LogP contribution is -2.13. The molecule has 1 N–H and O–H groups in total. The van der Waals surface area contributed by atoms with Gasteiger partial charge in [0.2, 0.25) is 5.91 Å². The van der Waals surface area contributed by atoms with E-state index in [1.54, 1.807) is 0 Å². The molecule has 1 heterocycles. The van der Waals surface area contributed by atoms with Crippen LogP contribution in [0.1, 0.15) is 18.4 Å². The maximum absolute atomic E-state index is 12.0. The van der Waals surface area contributed by atoms with Crippen molar-refractivity contribution in [1.29, 1.82) is 0 Å². The van der Waals surface area contributed by atoms with Crippen molar-refractivity contribution in [2.45, 2.75) is 25.2 Å². The fourth-order valence-corrected chi connectivity index (χ4v) is 2.75. The molecular formula is C19H19N3O3S. The van der Waals surface area contributed by atoms with Crippen LogP contribution in [0.2, 0.25) is 0 Å². The molecule has 0 aliphatic heterocycles. The normalized spacial score (nSPS) is 10.5. The summed E-state index contributed by atoms with van der Waals surface area (Å²) in [7, 11) is 0. The zero-order valence-electron chi connectivity index (χ0n) is 14.3. The number of aryl methyl sites for hydroxylation is 1. The van der Waals surface area contributed by atoms with Gasteiger partial charge in [-0.3, -0.25) is 4.79 Å². The SMILES string of the molecule is CCc1ccc(NC(=O)CSc2nnc(COc3ccccc3)o2)cc1. The molecule has 7 heteroatoms. The van der Waals surface area contributed by atoms with E-state index in [1.807, 2.05) is 54.6 Å². The van der Waals surface area contributed by atoms with E-state index >= 15 is 0 Å². The molecule has 1 aromatic heterocycles. The number of carbonyl (C=O) groups is 1. The van der Waals surface area contributed by atoms with Crippen molar-refractivity contribution >= 4 is 23.4 Å². The zero-order valence-corrected chi connectivity index (χ0v) is 15.2. The van der Waals surface area contributed by atoms with Crippen LogP contribution >= 0.6 is 11.8 Å². The molecule has 26 heavy (non-hydrogen) atoms. The molecule has 0 spiro atoms. The highest BCUT2D eigenvalue weighted by Gasteiger charge is 2.10. The average Bonchev–Trinajstić information content (AvgIpc) is 3.14. The zero-order chi connectivity index (χ0) is 18.2. The van der Waals surface area contributed by atoms with Crippen molar-refractivity contribution < 1.29 is 13.9 Å². The molecule has 2 aromatic carbocycles. The third kappa shape index (κ3) is 5.35. The van der Waals surface area contributed by atoms with Crippen LogP contribution in [-0.2, 0) is 17.8 Å². The number of benzene rings is 2. The second-order valence-electron chi connectivity index (χ2n) is 5.45. The molecule has 0 fully saturated rings. The van der Waals surface area contributed by atoms with Crippen molar-refractivity contribution in [2.75, 3.05) is 11.1 Å². The van der Waals surface area contributed by atoms with E-state index < -0.39 is 0 Å². The number of ether oxygens (including phenoxy) is 1. The Morgan fingerprint density at radius 2 is 1.88 bits per heavy atom. The first-order chi connectivity index (χ1) is 12.7. The Hall–Kier alpha value is -2.80. The van der Waals surface area contributed by atoms with Gasteiger partial charge in [0.15, 0.2) is 6.61 Å². The molecule has 0 unspecified atom stereocenters. The lowest BCUT2D eigenvalue weighted by Gasteiger charge is -2.04. The van der Waals surface area contributed by atoms with E-state index in [9.17, 15) is 4.79 Å². The molecular weight excluding hydrogens is 350 g/mol. The molecule has 134 valence electrons. The van der Waals surface area contributed by atoms with Crippen LogP contribution < -0.4 is 10.1 Å². The van der Waals surface area contributed by atoms with Gasteiger partial charge in [0, 0.05) is 5.69 Å². The van der Waals surface area contributed by atoms with Crippen LogP contribution in [0.5, 0.6) is 5.75 Å². The van der Waals surface area contributed by atoms with Gasteiger partial charge < -0.3 is 14.5 Å². The number of anilines is 1. The Balaban J connectivity index is 1.44. The van der Waals surface area contributed by atoms with Crippen LogP contribution in [0.4, 0.5) is 5.69 Å². The number of thioether (sulfide) groups is 1. The van der Waals surface area contributed by atoms with E-state index in [-0.39, 0.29) is 18.3 Å². The maximum atomic E-state index is 12.0. The van der Waals surface area contributed by atoms with Gasteiger partial charge in [-0.15, -0.1) is 10.2 Å². The molecule has 0 saturated carbocycles. The predicted molar refractivity (Wildman–Crippen MR) is 100 cm³/mol. The summed E-state index contributed by atoms with van der Waals surface area (Å²) >= 11 is 1.19. The standard InChI is InChI=1S/C19H19N3O3S/c1-2-14-8-10-15(11-9-14)20-17(23)13-26-19-22-21-18(25-19)12-24-16-6-4-3-5-7-16/h3-11H,2,12-13H2,1H3,(H,20,23). The Kier molecular flexibility index (Phi) is 6.27. The van der Waals surface area contributed by atoms with E-state index in [0.717, 1.165) is 17.9 Å². The second kappa shape index (κ2) is 9.05. The van der Waals surface area contributed by atoms with Gasteiger partial charge in [0.05, 0.1) is 5.75 Å². The van der Waals surface area contributed by atoms with E-state index in [0.29, 0.717) is 11.1 Å². The van der Waals surface area contributed by atoms with Gasteiger partial charge in [-0.25, -0.2) is 0 Å². The van der Waals surface area contributed by atoms with Crippen molar-refractivity contribution in [3.8, 4) is 5.75 Å². The Morgan fingerprint density at radius 3 is 2.62 bits per heavy atom. The summed E-state index contributed by atoms with van der Waals surface area (Å²) in [6, 6.07) is 17.2. The molecule has 3 aromatic rings.